The van der Waals surface area contributed by atoms with Crippen molar-refractivity contribution in [3.63, 3.8) is 0 Å². The monoisotopic (exact) mass is 229 g/mol. The van der Waals surface area contributed by atoms with Crippen LogP contribution in [0.25, 0.3) is 0 Å². The second-order valence-corrected chi connectivity index (χ2v) is 5.17. The predicted molar refractivity (Wildman–Crippen MR) is 59.3 cm³/mol. The minimum Gasteiger partial charge on any atom is -0.497 e. The van der Waals surface area contributed by atoms with E-state index in [4.69, 9.17) is 4.74 Å². The Hall–Kier alpha value is -1.07. The van der Waals surface area contributed by atoms with Crippen molar-refractivity contribution in [1.82, 2.24) is 4.72 Å². The lowest BCUT2D eigenvalue weighted by Crippen LogP contribution is -2.24. The van der Waals surface area contributed by atoms with Crippen LogP contribution in [0.15, 0.2) is 24.3 Å². The number of rotatable bonds is 5. The van der Waals surface area contributed by atoms with E-state index in [0.717, 1.165) is 11.3 Å². The minimum atomic E-state index is -3.11. The summed E-state index contributed by atoms with van der Waals surface area (Å²) >= 11 is 0. The Labute approximate surface area is 90.3 Å². The lowest BCUT2D eigenvalue weighted by atomic mass is 10.2. The third-order valence-corrected chi connectivity index (χ3v) is 3.38. The van der Waals surface area contributed by atoms with Crippen molar-refractivity contribution in [3.8, 4) is 5.75 Å². The SMILES string of the molecule is CCS(=O)(=O)NCc1ccc(OC)cc1. The number of benzene rings is 1. The molecule has 0 spiro atoms. The van der Waals surface area contributed by atoms with Crippen molar-refractivity contribution in [1.29, 1.82) is 0 Å². The highest BCUT2D eigenvalue weighted by molar-refractivity contribution is 7.89. The smallest absolute Gasteiger partial charge is 0.211 e. The first kappa shape index (κ1) is 12.0. The number of hydrogen-bond acceptors (Lipinski definition) is 3. The molecule has 0 radical (unpaired) electrons. The summed E-state index contributed by atoms with van der Waals surface area (Å²) in [7, 11) is -1.52. The first-order chi connectivity index (χ1) is 7.07. The summed E-state index contributed by atoms with van der Waals surface area (Å²) in [5.74, 6) is 0.862. The van der Waals surface area contributed by atoms with E-state index in [1.165, 1.54) is 0 Å². The molecule has 0 fully saturated rings. The topological polar surface area (TPSA) is 55.4 Å². The maximum atomic E-state index is 11.2. The molecule has 0 saturated heterocycles. The van der Waals surface area contributed by atoms with E-state index in [1.807, 2.05) is 12.1 Å². The van der Waals surface area contributed by atoms with E-state index in [2.05, 4.69) is 4.72 Å². The van der Waals surface area contributed by atoms with Gasteiger partial charge in [-0.1, -0.05) is 12.1 Å². The van der Waals surface area contributed by atoms with Crippen LogP contribution >= 0.6 is 0 Å². The van der Waals surface area contributed by atoms with E-state index >= 15 is 0 Å². The van der Waals surface area contributed by atoms with Gasteiger partial charge < -0.3 is 4.74 Å². The van der Waals surface area contributed by atoms with Crippen molar-refractivity contribution in [2.24, 2.45) is 0 Å². The molecular weight excluding hydrogens is 214 g/mol. The summed E-state index contributed by atoms with van der Waals surface area (Å²) in [6.45, 7) is 1.93. The second-order valence-electron chi connectivity index (χ2n) is 3.07. The summed E-state index contributed by atoms with van der Waals surface area (Å²) < 4.78 is 29.8. The fourth-order valence-corrected chi connectivity index (χ4v) is 1.63. The molecule has 1 rings (SSSR count). The summed E-state index contributed by atoms with van der Waals surface area (Å²) in [6.07, 6.45) is 0. The molecule has 1 N–H and O–H groups in total. The molecule has 15 heavy (non-hydrogen) atoms. The van der Waals surface area contributed by atoms with Crippen LogP contribution in [0.1, 0.15) is 12.5 Å². The summed E-state index contributed by atoms with van der Waals surface area (Å²) in [4.78, 5) is 0. The van der Waals surface area contributed by atoms with Crippen molar-refractivity contribution < 1.29 is 13.2 Å². The van der Waals surface area contributed by atoms with Crippen LogP contribution < -0.4 is 9.46 Å². The summed E-state index contributed by atoms with van der Waals surface area (Å²) in [6, 6.07) is 7.26. The van der Waals surface area contributed by atoms with Crippen LogP contribution in [0.5, 0.6) is 5.75 Å². The zero-order valence-corrected chi connectivity index (χ0v) is 9.67. The lowest BCUT2D eigenvalue weighted by molar-refractivity contribution is 0.414. The highest BCUT2D eigenvalue weighted by Gasteiger charge is 2.05. The van der Waals surface area contributed by atoms with Gasteiger partial charge in [0, 0.05) is 6.54 Å². The molecule has 0 aliphatic carbocycles. The Morgan fingerprint density at radius 3 is 2.33 bits per heavy atom. The fraction of sp³-hybridized carbons (Fsp3) is 0.400. The lowest BCUT2D eigenvalue weighted by Gasteiger charge is -2.05. The van der Waals surface area contributed by atoms with Gasteiger partial charge in [0.05, 0.1) is 12.9 Å². The first-order valence-corrected chi connectivity index (χ1v) is 6.33. The molecule has 0 amide bonds. The number of methoxy groups -OCH3 is 1. The summed E-state index contributed by atoms with van der Waals surface area (Å²) in [5, 5.41) is 0. The molecule has 0 aliphatic rings. The quantitative estimate of drug-likeness (QED) is 0.823. The van der Waals surface area contributed by atoms with E-state index in [1.54, 1.807) is 26.2 Å². The maximum absolute atomic E-state index is 11.2. The third-order valence-electron chi connectivity index (χ3n) is 2.04. The zero-order valence-electron chi connectivity index (χ0n) is 8.86. The highest BCUT2D eigenvalue weighted by Crippen LogP contribution is 2.11. The number of sulfonamides is 1. The Morgan fingerprint density at radius 1 is 1.27 bits per heavy atom. The zero-order chi connectivity index (χ0) is 11.3. The summed E-state index contributed by atoms with van der Waals surface area (Å²) in [5.41, 5.74) is 0.910. The van der Waals surface area contributed by atoms with Gasteiger partial charge in [-0.25, -0.2) is 13.1 Å². The van der Waals surface area contributed by atoms with Gasteiger partial charge >= 0.3 is 0 Å². The molecule has 0 aliphatic heterocycles. The van der Waals surface area contributed by atoms with E-state index in [9.17, 15) is 8.42 Å². The maximum Gasteiger partial charge on any atom is 0.211 e. The largest absolute Gasteiger partial charge is 0.497 e. The van der Waals surface area contributed by atoms with Gasteiger partial charge in [0.2, 0.25) is 10.0 Å². The van der Waals surface area contributed by atoms with E-state index in [-0.39, 0.29) is 5.75 Å². The van der Waals surface area contributed by atoms with Crippen LogP contribution in [0, 0.1) is 0 Å². The Bertz CT molecular complexity index is 397. The van der Waals surface area contributed by atoms with Gasteiger partial charge in [-0.05, 0) is 24.6 Å². The standard InChI is InChI=1S/C10H15NO3S/c1-3-15(12,13)11-8-9-4-6-10(14-2)7-5-9/h4-7,11H,3,8H2,1-2H3. The van der Waals surface area contributed by atoms with Crippen molar-refractivity contribution in [2.75, 3.05) is 12.9 Å². The molecule has 0 unspecified atom stereocenters. The van der Waals surface area contributed by atoms with Gasteiger partial charge in [-0.15, -0.1) is 0 Å². The normalized spacial score (nSPS) is 11.3. The van der Waals surface area contributed by atoms with Crippen LogP contribution in [-0.2, 0) is 16.6 Å². The molecule has 1 aromatic rings. The van der Waals surface area contributed by atoms with Gasteiger partial charge in [-0.2, -0.15) is 0 Å². The van der Waals surface area contributed by atoms with Crippen LogP contribution in [0.2, 0.25) is 0 Å². The average molecular weight is 229 g/mol. The van der Waals surface area contributed by atoms with Crippen molar-refractivity contribution in [3.05, 3.63) is 29.8 Å². The minimum absolute atomic E-state index is 0.100. The molecule has 0 aromatic heterocycles. The molecule has 0 bridgehead atoms. The van der Waals surface area contributed by atoms with E-state index in [0.29, 0.717) is 6.54 Å². The fourth-order valence-electron chi connectivity index (χ4n) is 1.04. The Kier molecular flexibility index (Phi) is 4.11. The molecule has 84 valence electrons. The number of ether oxygens (including phenoxy) is 1. The van der Waals surface area contributed by atoms with Gasteiger partial charge in [0.1, 0.15) is 5.75 Å². The van der Waals surface area contributed by atoms with Crippen LogP contribution in [0.4, 0.5) is 0 Å². The molecule has 0 heterocycles. The van der Waals surface area contributed by atoms with Gasteiger partial charge in [0.25, 0.3) is 0 Å². The Morgan fingerprint density at radius 2 is 1.87 bits per heavy atom. The second kappa shape index (κ2) is 5.14. The molecule has 0 atom stereocenters. The first-order valence-electron chi connectivity index (χ1n) is 4.67. The van der Waals surface area contributed by atoms with Crippen molar-refractivity contribution >= 4 is 10.0 Å². The number of hydrogen-bond donors (Lipinski definition) is 1. The van der Waals surface area contributed by atoms with E-state index < -0.39 is 10.0 Å². The van der Waals surface area contributed by atoms with Gasteiger partial charge in [0.15, 0.2) is 0 Å². The molecular formula is C10H15NO3S. The van der Waals surface area contributed by atoms with Crippen LogP contribution in [-0.4, -0.2) is 21.3 Å². The molecule has 0 saturated carbocycles. The molecule has 4 nitrogen and oxygen atoms in total. The van der Waals surface area contributed by atoms with Gasteiger partial charge in [-0.3, -0.25) is 0 Å². The van der Waals surface area contributed by atoms with Crippen LogP contribution in [0.3, 0.4) is 0 Å². The third kappa shape index (κ3) is 3.89. The number of nitrogens with one attached hydrogen (secondary N) is 1. The molecule has 1 aromatic carbocycles. The Balaban J connectivity index is 2.59. The highest BCUT2D eigenvalue weighted by atomic mass is 32.2. The molecule has 5 heteroatoms. The average Bonchev–Trinajstić information content (AvgIpc) is 2.27. The van der Waals surface area contributed by atoms with Crippen molar-refractivity contribution in [2.45, 2.75) is 13.5 Å². The predicted octanol–water partition coefficient (Wildman–Crippen LogP) is 1.13.